The molecule has 0 unspecified atom stereocenters. The fraction of sp³-hybridized carbons (Fsp3) is 0.462. The van der Waals surface area contributed by atoms with Gasteiger partial charge in [0, 0.05) is 6.54 Å². The quantitative estimate of drug-likeness (QED) is 0.536. The summed E-state index contributed by atoms with van der Waals surface area (Å²) in [5, 5.41) is 21.0. The van der Waals surface area contributed by atoms with E-state index in [2.05, 4.69) is 5.32 Å². The highest BCUT2D eigenvalue weighted by atomic mass is 16.5. The fourth-order valence-corrected chi connectivity index (χ4v) is 1.39. The number of alkyl carbamates (subject to hydrolysis) is 1. The van der Waals surface area contributed by atoms with E-state index in [4.69, 9.17) is 9.84 Å². The molecule has 5 nitrogen and oxygen atoms in total. The van der Waals surface area contributed by atoms with Crippen LogP contribution in [0.1, 0.15) is 25.3 Å². The number of unbranched alkanes of at least 4 members (excludes halogenated alkanes) is 1. The summed E-state index contributed by atoms with van der Waals surface area (Å²) >= 11 is 0. The average Bonchev–Trinajstić information content (AvgIpc) is 2.34. The van der Waals surface area contributed by atoms with Crippen molar-refractivity contribution < 1.29 is 19.7 Å². The van der Waals surface area contributed by atoms with Gasteiger partial charge in [-0.05, 0) is 30.5 Å². The third kappa shape index (κ3) is 4.95. The maximum atomic E-state index is 11.2. The fourth-order valence-electron chi connectivity index (χ4n) is 1.39. The molecule has 100 valence electrons. The van der Waals surface area contributed by atoms with Gasteiger partial charge in [-0.25, -0.2) is 4.79 Å². The molecular formula is C13H19NO4. The lowest BCUT2D eigenvalue weighted by atomic mass is 10.1. The molecule has 0 atom stereocenters. The number of aromatic hydroxyl groups is 2. The molecule has 0 bridgehead atoms. The van der Waals surface area contributed by atoms with Gasteiger partial charge in [0.2, 0.25) is 0 Å². The van der Waals surface area contributed by atoms with Crippen LogP contribution in [0.4, 0.5) is 4.79 Å². The normalized spacial score (nSPS) is 10.1. The maximum Gasteiger partial charge on any atom is 0.407 e. The number of phenolic OH excluding ortho intramolecular Hbond substituents is 2. The van der Waals surface area contributed by atoms with Gasteiger partial charge in [-0.15, -0.1) is 0 Å². The molecule has 0 heterocycles. The number of carbonyl (C=O) groups is 1. The van der Waals surface area contributed by atoms with Gasteiger partial charge in [0.15, 0.2) is 11.5 Å². The summed E-state index contributed by atoms with van der Waals surface area (Å²) in [5.41, 5.74) is 0.833. The van der Waals surface area contributed by atoms with E-state index in [1.165, 1.54) is 12.1 Å². The molecule has 1 amide bonds. The first-order valence-electron chi connectivity index (χ1n) is 6.05. The molecule has 18 heavy (non-hydrogen) atoms. The zero-order chi connectivity index (χ0) is 13.4. The molecule has 0 aliphatic carbocycles. The number of benzene rings is 1. The lowest BCUT2D eigenvalue weighted by Crippen LogP contribution is -2.26. The topological polar surface area (TPSA) is 78.8 Å². The molecule has 1 aromatic carbocycles. The van der Waals surface area contributed by atoms with Crippen LogP contribution in [0, 0.1) is 0 Å². The predicted molar refractivity (Wildman–Crippen MR) is 67.7 cm³/mol. The molecule has 0 spiro atoms. The predicted octanol–water partition coefficient (Wildman–Crippen LogP) is 2.17. The van der Waals surface area contributed by atoms with E-state index in [-0.39, 0.29) is 11.5 Å². The molecule has 0 radical (unpaired) electrons. The molecule has 5 heteroatoms. The van der Waals surface area contributed by atoms with Crippen LogP contribution < -0.4 is 5.32 Å². The van der Waals surface area contributed by atoms with Gasteiger partial charge >= 0.3 is 6.09 Å². The van der Waals surface area contributed by atoms with Crippen molar-refractivity contribution in [1.82, 2.24) is 5.32 Å². The Morgan fingerprint density at radius 2 is 2.11 bits per heavy atom. The smallest absolute Gasteiger partial charge is 0.407 e. The van der Waals surface area contributed by atoms with Gasteiger partial charge in [-0.2, -0.15) is 0 Å². The minimum atomic E-state index is -0.425. The second-order valence-corrected chi connectivity index (χ2v) is 3.99. The van der Waals surface area contributed by atoms with Gasteiger partial charge in [0.1, 0.15) is 0 Å². The number of ether oxygens (including phenoxy) is 1. The molecular weight excluding hydrogens is 234 g/mol. The maximum absolute atomic E-state index is 11.2. The first-order chi connectivity index (χ1) is 8.63. The summed E-state index contributed by atoms with van der Waals surface area (Å²) in [5.74, 6) is -0.302. The van der Waals surface area contributed by atoms with Crippen molar-refractivity contribution in [2.75, 3.05) is 13.2 Å². The van der Waals surface area contributed by atoms with E-state index in [9.17, 15) is 9.90 Å². The molecule has 0 aromatic heterocycles. The van der Waals surface area contributed by atoms with Gasteiger partial charge in [0.25, 0.3) is 0 Å². The van der Waals surface area contributed by atoms with E-state index >= 15 is 0 Å². The monoisotopic (exact) mass is 253 g/mol. The van der Waals surface area contributed by atoms with E-state index in [0.717, 1.165) is 18.4 Å². The molecule has 0 saturated carbocycles. The van der Waals surface area contributed by atoms with E-state index < -0.39 is 6.09 Å². The number of rotatable bonds is 6. The van der Waals surface area contributed by atoms with Gasteiger partial charge < -0.3 is 20.3 Å². The van der Waals surface area contributed by atoms with Crippen molar-refractivity contribution in [2.24, 2.45) is 0 Å². The molecule has 1 aromatic rings. The lowest BCUT2D eigenvalue weighted by Gasteiger charge is -2.07. The first-order valence-corrected chi connectivity index (χ1v) is 6.05. The second kappa shape index (κ2) is 7.42. The number of carbonyl (C=O) groups excluding carboxylic acids is 1. The van der Waals surface area contributed by atoms with Crippen LogP contribution in [-0.2, 0) is 11.2 Å². The molecule has 0 fully saturated rings. The van der Waals surface area contributed by atoms with Crippen molar-refractivity contribution in [2.45, 2.75) is 26.2 Å². The van der Waals surface area contributed by atoms with Crippen molar-refractivity contribution in [3.05, 3.63) is 23.8 Å². The number of hydrogen-bond acceptors (Lipinski definition) is 4. The Morgan fingerprint density at radius 3 is 2.78 bits per heavy atom. The van der Waals surface area contributed by atoms with Crippen molar-refractivity contribution in [3.63, 3.8) is 0 Å². The lowest BCUT2D eigenvalue weighted by molar-refractivity contribution is 0.144. The van der Waals surface area contributed by atoms with Gasteiger partial charge in [-0.3, -0.25) is 0 Å². The summed E-state index contributed by atoms with van der Waals surface area (Å²) in [7, 11) is 0. The minimum Gasteiger partial charge on any atom is -0.504 e. The SMILES string of the molecule is CCCCOC(=O)NCCc1ccc(O)c(O)c1. The third-order valence-corrected chi connectivity index (χ3v) is 2.45. The molecule has 0 aliphatic rings. The highest BCUT2D eigenvalue weighted by molar-refractivity contribution is 5.67. The molecule has 0 aliphatic heterocycles. The van der Waals surface area contributed by atoms with Crippen LogP contribution in [0.25, 0.3) is 0 Å². The number of amides is 1. The van der Waals surface area contributed by atoms with Crippen molar-refractivity contribution >= 4 is 6.09 Å². The summed E-state index contributed by atoms with van der Waals surface area (Å²) in [4.78, 5) is 11.2. The Balaban J connectivity index is 2.24. The van der Waals surface area contributed by atoms with Crippen LogP contribution in [0.3, 0.4) is 0 Å². The Hall–Kier alpha value is -1.91. The average molecular weight is 253 g/mol. The number of phenols is 2. The highest BCUT2D eigenvalue weighted by Crippen LogP contribution is 2.24. The Morgan fingerprint density at radius 1 is 1.33 bits per heavy atom. The number of nitrogens with one attached hydrogen (secondary N) is 1. The standard InChI is InChI=1S/C13H19NO4/c1-2-3-8-18-13(17)14-7-6-10-4-5-11(15)12(16)9-10/h4-5,9,15-16H,2-3,6-8H2,1H3,(H,14,17). The Labute approximate surface area is 106 Å². The highest BCUT2D eigenvalue weighted by Gasteiger charge is 2.03. The van der Waals surface area contributed by atoms with Crippen LogP contribution in [0.2, 0.25) is 0 Å². The summed E-state index contributed by atoms with van der Waals surface area (Å²) in [6.45, 7) is 2.88. The van der Waals surface area contributed by atoms with E-state index in [0.29, 0.717) is 19.6 Å². The van der Waals surface area contributed by atoms with E-state index in [1.807, 2.05) is 6.92 Å². The summed E-state index contributed by atoms with van der Waals surface area (Å²) < 4.78 is 4.92. The zero-order valence-electron chi connectivity index (χ0n) is 10.5. The summed E-state index contributed by atoms with van der Waals surface area (Å²) in [6, 6.07) is 4.59. The van der Waals surface area contributed by atoms with Crippen molar-refractivity contribution in [1.29, 1.82) is 0 Å². The molecule has 0 saturated heterocycles. The van der Waals surface area contributed by atoms with Crippen LogP contribution in [0.15, 0.2) is 18.2 Å². The minimum absolute atomic E-state index is 0.148. The number of hydrogen-bond donors (Lipinski definition) is 3. The Kier molecular flexibility index (Phi) is 5.84. The molecule has 1 rings (SSSR count). The van der Waals surface area contributed by atoms with Gasteiger partial charge in [0.05, 0.1) is 6.61 Å². The first kappa shape index (κ1) is 14.2. The summed E-state index contributed by atoms with van der Waals surface area (Å²) in [6.07, 6.45) is 1.99. The van der Waals surface area contributed by atoms with E-state index in [1.54, 1.807) is 6.07 Å². The third-order valence-electron chi connectivity index (χ3n) is 2.45. The van der Waals surface area contributed by atoms with Crippen molar-refractivity contribution in [3.8, 4) is 11.5 Å². The molecule has 3 N–H and O–H groups in total. The van der Waals surface area contributed by atoms with Crippen LogP contribution in [-0.4, -0.2) is 29.5 Å². The Bertz CT molecular complexity index is 393. The zero-order valence-corrected chi connectivity index (χ0v) is 10.5. The largest absolute Gasteiger partial charge is 0.504 e. The second-order valence-electron chi connectivity index (χ2n) is 3.99. The van der Waals surface area contributed by atoms with Crippen LogP contribution >= 0.6 is 0 Å². The van der Waals surface area contributed by atoms with Gasteiger partial charge in [-0.1, -0.05) is 19.4 Å². The van der Waals surface area contributed by atoms with Crippen LogP contribution in [0.5, 0.6) is 11.5 Å².